The number of carbonyl (C=O) groups is 1. The van der Waals surface area contributed by atoms with E-state index in [4.69, 9.17) is 14.5 Å². The molecule has 0 fully saturated rings. The number of aryl methyl sites for hydroxylation is 1. The zero-order valence-corrected chi connectivity index (χ0v) is 22.4. The number of ether oxygens (including phenoxy) is 2. The van der Waals surface area contributed by atoms with Crippen molar-refractivity contribution in [1.29, 1.82) is 0 Å². The Balaban J connectivity index is 1.70. The summed E-state index contributed by atoms with van der Waals surface area (Å²) in [4.78, 5) is 25.9. The molecule has 1 N–H and O–H groups in total. The van der Waals surface area contributed by atoms with Crippen LogP contribution in [0.4, 0.5) is 0 Å². The molecule has 2 aromatic heterocycles. The van der Waals surface area contributed by atoms with Crippen LogP contribution in [0.25, 0.3) is 43.9 Å². The summed E-state index contributed by atoms with van der Waals surface area (Å²) in [5.41, 5.74) is 6.28. The van der Waals surface area contributed by atoms with Crippen LogP contribution in [0.3, 0.4) is 0 Å². The molecule has 0 aliphatic carbocycles. The quantitative estimate of drug-likeness (QED) is 0.276. The van der Waals surface area contributed by atoms with Gasteiger partial charge in [0.2, 0.25) is 0 Å². The predicted molar refractivity (Wildman–Crippen MR) is 151 cm³/mol. The highest BCUT2D eigenvalue weighted by Crippen LogP contribution is 2.45. The van der Waals surface area contributed by atoms with Crippen molar-refractivity contribution in [2.75, 3.05) is 6.61 Å². The molecule has 0 amide bonds. The normalized spacial score (nSPS) is 13.8. The number of hydrogen-bond donors (Lipinski definition) is 1. The van der Waals surface area contributed by atoms with Crippen LogP contribution in [-0.4, -0.2) is 38.2 Å². The molecule has 0 bridgehead atoms. The lowest BCUT2D eigenvalue weighted by Gasteiger charge is -2.29. The first-order valence-electron chi connectivity index (χ1n) is 13.0. The van der Waals surface area contributed by atoms with Crippen molar-refractivity contribution in [3.8, 4) is 28.0 Å². The fraction of sp³-hybridized carbons (Fsp3) is 0.250. The van der Waals surface area contributed by atoms with Crippen LogP contribution in [0, 0.1) is 6.92 Å². The van der Waals surface area contributed by atoms with E-state index in [1.165, 1.54) is 11.9 Å². The largest absolute Gasteiger partial charge is 0.493 e. The predicted octanol–water partition coefficient (Wildman–Crippen LogP) is 6.70. The van der Waals surface area contributed by atoms with Crippen LogP contribution in [0.1, 0.15) is 43.6 Å². The number of fused-ring (bicyclic) bond motifs is 1. The Hall–Kier alpha value is -4.36. The standard InChI is InChI=1S/C32H29N3O4/c1-18-13-21-14-20(22-15-33-17-34-16-22)5-6-23(21)28(26(18)30(31(36)37)39-32(2,3)4)24-7-8-25-27-19(10-12-38-25)9-11-35-29(24)27/h5-9,11,13-17,30H,10,12H2,1-4H3,(H,36,37)/t30-/m0/s1. The molecule has 0 radical (unpaired) electrons. The van der Waals surface area contributed by atoms with Gasteiger partial charge in [0.25, 0.3) is 0 Å². The average Bonchev–Trinajstić information content (AvgIpc) is 2.91. The molecular formula is C32H29N3O4. The Morgan fingerprint density at radius 1 is 1.05 bits per heavy atom. The topological polar surface area (TPSA) is 94.4 Å². The summed E-state index contributed by atoms with van der Waals surface area (Å²) in [6, 6.07) is 14.2. The maximum absolute atomic E-state index is 12.7. The minimum atomic E-state index is -1.17. The molecule has 0 saturated carbocycles. The van der Waals surface area contributed by atoms with Gasteiger partial charge in [-0.3, -0.25) is 4.98 Å². The van der Waals surface area contributed by atoms with Gasteiger partial charge in [-0.1, -0.05) is 18.2 Å². The summed E-state index contributed by atoms with van der Waals surface area (Å²) in [6.45, 7) is 8.18. The number of pyridine rings is 1. The van der Waals surface area contributed by atoms with Gasteiger partial charge < -0.3 is 14.6 Å². The van der Waals surface area contributed by atoms with Gasteiger partial charge in [0.05, 0.1) is 17.7 Å². The summed E-state index contributed by atoms with van der Waals surface area (Å²) >= 11 is 0. The maximum atomic E-state index is 12.7. The van der Waals surface area contributed by atoms with Gasteiger partial charge in [-0.15, -0.1) is 0 Å². The molecule has 5 aromatic rings. The van der Waals surface area contributed by atoms with Gasteiger partial charge in [-0.2, -0.15) is 0 Å². The lowest BCUT2D eigenvalue weighted by Crippen LogP contribution is -2.28. The van der Waals surface area contributed by atoms with E-state index < -0.39 is 17.7 Å². The van der Waals surface area contributed by atoms with Crippen molar-refractivity contribution < 1.29 is 19.4 Å². The SMILES string of the molecule is Cc1cc2cc(-c3cncnc3)ccc2c(-c2ccc3c4c(ccnc24)CCO3)c1[C@H](OC(C)(C)C)C(=O)O. The molecule has 0 saturated heterocycles. The lowest BCUT2D eigenvalue weighted by atomic mass is 9.85. The third-order valence-corrected chi connectivity index (χ3v) is 7.08. The molecule has 196 valence electrons. The molecular weight excluding hydrogens is 490 g/mol. The van der Waals surface area contributed by atoms with Gasteiger partial charge in [0, 0.05) is 47.1 Å². The number of hydrogen-bond acceptors (Lipinski definition) is 6. The smallest absolute Gasteiger partial charge is 0.337 e. The summed E-state index contributed by atoms with van der Waals surface area (Å²) in [7, 11) is 0. The van der Waals surface area contributed by atoms with Crippen LogP contribution in [0.5, 0.6) is 5.75 Å². The first kappa shape index (κ1) is 24.9. The van der Waals surface area contributed by atoms with E-state index in [9.17, 15) is 9.90 Å². The molecule has 0 unspecified atom stereocenters. The van der Waals surface area contributed by atoms with Crippen molar-refractivity contribution in [2.24, 2.45) is 0 Å². The van der Waals surface area contributed by atoms with Crippen molar-refractivity contribution in [3.63, 3.8) is 0 Å². The summed E-state index contributed by atoms with van der Waals surface area (Å²) in [6.07, 6.45) is 6.52. The van der Waals surface area contributed by atoms with Gasteiger partial charge in [0.15, 0.2) is 6.10 Å². The molecule has 6 rings (SSSR count). The molecule has 1 aliphatic heterocycles. The van der Waals surface area contributed by atoms with Crippen LogP contribution < -0.4 is 4.74 Å². The number of rotatable bonds is 5. The van der Waals surface area contributed by atoms with E-state index in [0.717, 1.165) is 61.7 Å². The van der Waals surface area contributed by atoms with Gasteiger partial charge >= 0.3 is 5.97 Å². The molecule has 0 spiro atoms. The number of nitrogens with zero attached hydrogens (tertiary/aromatic N) is 3. The summed E-state index contributed by atoms with van der Waals surface area (Å²) < 4.78 is 12.2. The highest BCUT2D eigenvalue weighted by molar-refractivity contribution is 6.09. The molecule has 7 nitrogen and oxygen atoms in total. The highest BCUT2D eigenvalue weighted by atomic mass is 16.5. The van der Waals surface area contributed by atoms with E-state index in [2.05, 4.69) is 16.0 Å². The van der Waals surface area contributed by atoms with E-state index in [-0.39, 0.29) is 0 Å². The zero-order chi connectivity index (χ0) is 27.3. The number of benzene rings is 3. The van der Waals surface area contributed by atoms with Gasteiger partial charge in [-0.25, -0.2) is 14.8 Å². The van der Waals surface area contributed by atoms with Crippen LogP contribution in [0.2, 0.25) is 0 Å². The average molecular weight is 520 g/mol. The summed E-state index contributed by atoms with van der Waals surface area (Å²) in [5.74, 6) is -0.237. The second kappa shape index (κ2) is 9.43. The van der Waals surface area contributed by atoms with Crippen molar-refractivity contribution >= 4 is 27.6 Å². The molecule has 1 atom stereocenters. The molecule has 1 aliphatic rings. The van der Waals surface area contributed by atoms with Crippen molar-refractivity contribution in [1.82, 2.24) is 15.0 Å². The third-order valence-electron chi connectivity index (χ3n) is 7.08. The molecule has 3 heterocycles. The zero-order valence-electron chi connectivity index (χ0n) is 22.4. The van der Waals surface area contributed by atoms with Crippen LogP contribution >= 0.6 is 0 Å². The molecule has 39 heavy (non-hydrogen) atoms. The van der Waals surface area contributed by atoms with E-state index in [0.29, 0.717) is 12.2 Å². The number of aromatic nitrogens is 3. The summed E-state index contributed by atoms with van der Waals surface area (Å²) in [5, 5.41) is 13.3. The van der Waals surface area contributed by atoms with Crippen LogP contribution in [0.15, 0.2) is 67.4 Å². The Kier molecular flexibility index (Phi) is 6.03. The van der Waals surface area contributed by atoms with Gasteiger partial charge in [0.1, 0.15) is 12.1 Å². The minimum Gasteiger partial charge on any atom is -0.493 e. The first-order chi connectivity index (χ1) is 18.7. The van der Waals surface area contributed by atoms with E-state index in [1.54, 1.807) is 12.4 Å². The third kappa shape index (κ3) is 4.49. The number of aliphatic carboxylic acids is 1. The molecule has 7 heteroatoms. The van der Waals surface area contributed by atoms with Crippen molar-refractivity contribution in [2.45, 2.75) is 45.8 Å². The highest BCUT2D eigenvalue weighted by Gasteiger charge is 2.32. The Morgan fingerprint density at radius 2 is 1.85 bits per heavy atom. The second-order valence-corrected chi connectivity index (χ2v) is 10.9. The monoisotopic (exact) mass is 519 g/mol. The number of carboxylic acids is 1. The second-order valence-electron chi connectivity index (χ2n) is 10.9. The Bertz CT molecular complexity index is 1730. The van der Waals surface area contributed by atoms with Gasteiger partial charge in [-0.05, 0) is 85.0 Å². The first-order valence-corrected chi connectivity index (χ1v) is 13.0. The van der Waals surface area contributed by atoms with Crippen LogP contribution in [-0.2, 0) is 16.0 Å². The Morgan fingerprint density at radius 3 is 2.59 bits per heavy atom. The van der Waals surface area contributed by atoms with Crippen molar-refractivity contribution in [3.05, 3.63) is 84.1 Å². The molecule has 3 aromatic carbocycles. The van der Waals surface area contributed by atoms with E-state index in [1.807, 2.05) is 70.3 Å². The van der Waals surface area contributed by atoms with E-state index >= 15 is 0 Å². The maximum Gasteiger partial charge on any atom is 0.337 e. The minimum absolute atomic E-state index is 0.622. The Labute approximate surface area is 226 Å². The number of carboxylic acid groups (broad SMARTS) is 1. The fourth-order valence-corrected chi connectivity index (χ4v) is 5.51. The lowest BCUT2D eigenvalue weighted by molar-refractivity contribution is -0.160. The fourth-order valence-electron chi connectivity index (χ4n) is 5.51.